The van der Waals surface area contributed by atoms with Crippen LogP contribution < -0.4 is 5.73 Å². The van der Waals surface area contributed by atoms with Gasteiger partial charge in [0.1, 0.15) is 0 Å². The van der Waals surface area contributed by atoms with Gasteiger partial charge in [0.2, 0.25) is 0 Å². The van der Waals surface area contributed by atoms with Crippen LogP contribution in [0.25, 0.3) is 0 Å². The molecule has 2 unspecified atom stereocenters. The molecule has 0 radical (unpaired) electrons. The molecule has 1 rings (SSSR count). The molecule has 2 nitrogen and oxygen atoms in total. The molecule has 0 heterocycles. The molecule has 2 atom stereocenters. The van der Waals surface area contributed by atoms with E-state index in [2.05, 4.69) is 22.0 Å². The van der Waals surface area contributed by atoms with E-state index in [1.54, 1.807) is 0 Å². The van der Waals surface area contributed by atoms with Gasteiger partial charge in [-0.1, -0.05) is 35.0 Å². The van der Waals surface area contributed by atoms with Crippen LogP contribution in [0.2, 0.25) is 0 Å². The van der Waals surface area contributed by atoms with Gasteiger partial charge >= 0.3 is 0 Å². The number of hydrogen-bond donors (Lipinski definition) is 1. The minimum atomic E-state index is -0.192. The topological polar surface area (TPSA) is 49.8 Å². The van der Waals surface area contributed by atoms with Crippen LogP contribution in [0.4, 0.5) is 0 Å². The fourth-order valence-corrected chi connectivity index (χ4v) is 1.79. The van der Waals surface area contributed by atoms with Crippen LogP contribution >= 0.6 is 15.9 Å². The molecule has 0 spiro atoms. The summed E-state index contributed by atoms with van der Waals surface area (Å²) in [6.45, 7) is 1.98. The summed E-state index contributed by atoms with van der Waals surface area (Å²) in [6, 6.07) is 9.84. The van der Waals surface area contributed by atoms with Gasteiger partial charge in [0.05, 0.1) is 12.0 Å². The second kappa shape index (κ2) is 5.14. The summed E-state index contributed by atoms with van der Waals surface area (Å²) in [6.07, 6.45) is 0.782. The minimum Gasteiger partial charge on any atom is -0.323 e. The molecule has 1 aromatic carbocycles. The Morgan fingerprint density at radius 1 is 1.57 bits per heavy atom. The van der Waals surface area contributed by atoms with Crippen molar-refractivity contribution in [3.05, 3.63) is 34.3 Å². The molecule has 0 aliphatic rings. The lowest BCUT2D eigenvalue weighted by Gasteiger charge is -2.16. The molecular formula is C11H13BrN2. The van der Waals surface area contributed by atoms with Crippen molar-refractivity contribution in [1.29, 1.82) is 5.26 Å². The summed E-state index contributed by atoms with van der Waals surface area (Å²) in [4.78, 5) is 0. The van der Waals surface area contributed by atoms with Crippen LogP contribution in [-0.2, 0) is 0 Å². The lowest BCUT2D eigenvalue weighted by atomic mass is 9.93. The summed E-state index contributed by atoms with van der Waals surface area (Å²) in [7, 11) is 0. The van der Waals surface area contributed by atoms with Gasteiger partial charge in [0.15, 0.2) is 0 Å². The first kappa shape index (κ1) is 11.2. The molecule has 0 saturated heterocycles. The van der Waals surface area contributed by atoms with Crippen molar-refractivity contribution in [2.45, 2.75) is 19.4 Å². The van der Waals surface area contributed by atoms with Crippen molar-refractivity contribution >= 4 is 15.9 Å². The maximum absolute atomic E-state index is 8.89. The molecule has 0 bridgehead atoms. The summed E-state index contributed by atoms with van der Waals surface area (Å²) < 4.78 is 0.998. The maximum atomic E-state index is 8.89. The zero-order chi connectivity index (χ0) is 10.6. The molecule has 0 fully saturated rings. The smallest absolute Gasteiger partial charge is 0.0675 e. The van der Waals surface area contributed by atoms with Crippen LogP contribution in [0.5, 0.6) is 0 Å². The Bertz CT molecular complexity index is 343. The number of benzene rings is 1. The van der Waals surface area contributed by atoms with Gasteiger partial charge in [-0.05, 0) is 24.1 Å². The molecule has 1 aromatic rings. The van der Waals surface area contributed by atoms with Gasteiger partial charge in [-0.2, -0.15) is 5.26 Å². The third-order valence-electron chi connectivity index (χ3n) is 2.27. The average Bonchev–Trinajstić information content (AvgIpc) is 2.19. The number of halogens is 1. The van der Waals surface area contributed by atoms with E-state index in [9.17, 15) is 0 Å². The highest BCUT2D eigenvalue weighted by atomic mass is 79.9. The number of nitriles is 1. The average molecular weight is 253 g/mol. The third-order valence-corrected chi connectivity index (χ3v) is 2.77. The number of nitrogens with zero attached hydrogens (tertiary/aromatic N) is 1. The predicted octanol–water partition coefficient (Wildman–Crippen LogP) is 3.00. The largest absolute Gasteiger partial charge is 0.323 e. The molecule has 3 heteroatoms. The molecule has 74 valence electrons. The highest BCUT2D eigenvalue weighted by molar-refractivity contribution is 9.10. The van der Waals surface area contributed by atoms with E-state index >= 15 is 0 Å². The van der Waals surface area contributed by atoms with E-state index in [1.807, 2.05) is 31.2 Å². The summed E-state index contributed by atoms with van der Waals surface area (Å²) in [5.74, 6) is -0.107. The minimum absolute atomic E-state index is 0.107. The SMILES string of the molecule is CCC(C#N)C(N)c1cccc(Br)c1. The van der Waals surface area contributed by atoms with Crippen LogP contribution in [0.15, 0.2) is 28.7 Å². The second-order valence-electron chi connectivity index (χ2n) is 3.22. The molecule has 2 N–H and O–H groups in total. The van der Waals surface area contributed by atoms with Crippen molar-refractivity contribution in [3.8, 4) is 6.07 Å². The molecule has 0 aliphatic heterocycles. The number of hydrogen-bond acceptors (Lipinski definition) is 2. The van der Waals surface area contributed by atoms with E-state index in [1.165, 1.54) is 0 Å². The molecule has 0 saturated carbocycles. The quantitative estimate of drug-likeness (QED) is 0.900. The number of nitrogens with two attached hydrogens (primary N) is 1. The Morgan fingerprint density at radius 2 is 2.29 bits per heavy atom. The first-order chi connectivity index (χ1) is 6.69. The predicted molar refractivity (Wildman–Crippen MR) is 60.5 cm³/mol. The standard InChI is InChI=1S/C11H13BrN2/c1-2-8(7-13)11(14)9-4-3-5-10(12)6-9/h3-6,8,11H,2,14H2,1H3. The first-order valence-corrected chi connectivity index (χ1v) is 5.39. The van der Waals surface area contributed by atoms with Gasteiger partial charge in [0.25, 0.3) is 0 Å². The second-order valence-corrected chi connectivity index (χ2v) is 4.14. The highest BCUT2D eigenvalue weighted by Crippen LogP contribution is 2.23. The first-order valence-electron chi connectivity index (χ1n) is 4.59. The summed E-state index contributed by atoms with van der Waals surface area (Å²) in [5, 5.41) is 8.89. The number of rotatable bonds is 3. The van der Waals surface area contributed by atoms with Crippen LogP contribution in [0.3, 0.4) is 0 Å². The Balaban J connectivity index is 2.89. The zero-order valence-corrected chi connectivity index (χ0v) is 9.66. The third kappa shape index (κ3) is 2.57. The fourth-order valence-electron chi connectivity index (χ4n) is 1.37. The normalized spacial score (nSPS) is 14.4. The Kier molecular flexibility index (Phi) is 4.12. The van der Waals surface area contributed by atoms with Gasteiger partial charge in [0, 0.05) is 10.5 Å². The molecule has 0 aromatic heterocycles. The molecule has 0 amide bonds. The van der Waals surface area contributed by atoms with Crippen LogP contribution in [-0.4, -0.2) is 0 Å². The van der Waals surface area contributed by atoms with Crippen molar-refractivity contribution in [1.82, 2.24) is 0 Å². The van der Waals surface area contributed by atoms with Gasteiger partial charge in [-0.3, -0.25) is 0 Å². The molecule has 0 aliphatic carbocycles. The Labute approximate surface area is 92.9 Å². The van der Waals surface area contributed by atoms with Gasteiger partial charge < -0.3 is 5.73 Å². The fraction of sp³-hybridized carbons (Fsp3) is 0.364. The Hall–Kier alpha value is -0.850. The van der Waals surface area contributed by atoms with Gasteiger partial charge in [-0.15, -0.1) is 0 Å². The molecule has 14 heavy (non-hydrogen) atoms. The zero-order valence-electron chi connectivity index (χ0n) is 8.07. The van der Waals surface area contributed by atoms with E-state index in [0.717, 1.165) is 16.5 Å². The lowest BCUT2D eigenvalue weighted by molar-refractivity contribution is 0.517. The van der Waals surface area contributed by atoms with Crippen molar-refractivity contribution in [3.63, 3.8) is 0 Å². The van der Waals surface area contributed by atoms with E-state index in [0.29, 0.717) is 0 Å². The van der Waals surface area contributed by atoms with Crippen LogP contribution in [0.1, 0.15) is 24.9 Å². The maximum Gasteiger partial charge on any atom is 0.0675 e. The Morgan fingerprint density at radius 3 is 2.79 bits per heavy atom. The van der Waals surface area contributed by atoms with Crippen LogP contribution in [0, 0.1) is 17.2 Å². The van der Waals surface area contributed by atoms with Crippen molar-refractivity contribution in [2.75, 3.05) is 0 Å². The van der Waals surface area contributed by atoms with E-state index in [-0.39, 0.29) is 12.0 Å². The monoisotopic (exact) mass is 252 g/mol. The highest BCUT2D eigenvalue weighted by Gasteiger charge is 2.16. The summed E-state index contributed by atoms with van der Waals surface area (Å²) >= 11 is 3.38. The van der Waals surface area contributed by atoms with E-state index < -0.39 is 0 Å². The summed E-state index contributed by atoms with van der Waals surface area (Å²) in [5.41, 5.74) is 6.99. The van der Waals surface area contributed by atoms with Crippen molar-refractivity contribution < 1.29 is 0 Å². The molecular weight excluding hydrogens is 240 g/mol. The van der Waals surface area contributed by atoms with Crippen molar-refractivity contribution in [2.24, 2.45) is 11.7 Å². The lowest BCUT2D eigenvalue weighted by Crippen LogP contribution is -2.19. The van der Waals surface area contributed by atoms with Gasteiger partial charge in [-0.25, -0.2) is 0 Å². The van der Waals surface area contributed by atoms with E-state index in [4.69, 9.17) is 11.0 Å².